The Labute approximate surface area is 183 Å². The standard InChI is InChI=1S/C25H33FN2O3/c1-16-7-8-19-17(22(29)30-25(19)18(16)9-10-24(2)23(25)31-24)15-27-11-13-28(14-12-27)21-6-4-3-5-20(21)26/h3-6,16-19,23H,7-15H2,1-2H3/t16-,17+,18+,19+,23-,24-,25-/m1/s1. The van der Waals surface area contributed by atoms with Gasteiger partial charge in [0.05, 0.1) is 17.2 Å². The quantitative estimate of drug-likeness (QED) is 0.545. The van der Waals surface area contributed by atoms with Gasteiger partial charge in [0.2, 0.25) is 0 Å². The molecular formula is C25H33FN2O3. The van der Waals surface area contributed by atoms with Crippen molar-refractivity contribution < 1.29 is 18.7 Å². The van der Waals surface area contributed by atoms with Gasteiger partial charge in [-0.1, -0.05) is 19.1 Å². The van der Waals surface area contributed by atoms with Crippen molar-refractivity contribution >= 4 is 11.7 Å². The Balaban J connectivity index is 1.17. The summed E-state index contributed by atoms with van der Waals surface area (Å²) in [5.74, 6) is 1.03. The van der Waals surface area contributed by atoms with E-state index >= 15 is 0 Å². The lowest BCUT2D eigenvalue weighted by Gasteiger charge is -2.50. The average Bonchev–Trinajstić information content (AvgIpc) is 3.39. The van der Waals surface area contributed by atoms with Crippen molar-refractivity contribution in [3.63, 3.8) is 0 Å². The average molecular weight is 429 g/mol. The molecule has 1 aromatic rings. The summed E-state index contributed by atoms with van der Waals surface area (Å²) in [6, 6.07) is 6.99. The molecule has 0 N–H and O–H groups in total. The number of benzene rings is 1. The third-order valence-corrected chi connectivity index (χ3v) is 9.11. The van der Waals surface area contributed by atoms with Gasteiger partial charge >= 0.3 is 5.97 Å². The third kappa shape index (κ3) is 2.90. The Bertz CT molecular complexity index is 887. The molecule has 1 spiro atoms. The summed E-state index contributed by atoms with van der Waals surface area (Å²) in [6.45, 7) is 8.52. The molecule has 3 saturated heterocycles. The minimum atomic E-state index is -0.401. The molecule has 3 aliphatic heterocycles. The lowest BCUT2D eigenvalue weighted by molar-refractivity contribution is -0.168. The largest absolute Gasteiger partial charge is 0.455 e. The third-order valence-electron chi connectivity index (χ3n) is 9.11. The van der Waals surface area contributed by atoms with Crippen LogP contribution in [-0.4, -0.2) is 60.9 Å². The number of anilines is 1. The lowest BCUT2D eigenvalue weighted by Crippen LogP contribution is -2.58. The van der Waals surface area contributed by atoms with Crippen LogP contribution in [0, 0.1) is 29.5 Å². The molecule has 168 valence electrons. The Morgan fingerprint density at radius 2 is 1.87 bits per heavy atom. The predicted molar refractivity (Wildman–Crippen MR) is 115 cm³/mol. The maximum atomic E-state index is 14.2. The number of carbonyl (C=O) groups is 1. The predicted octanol–water partition coefficient (Wildman–Crippen LogP) is 3.47. The van der Waals surface area contributed by atoms with E-state index in [1.165, 1.54) is 12.5 Å². The summed E-state index contributed by atoms with van der Waals surface area (Å²) in [4.78, 5) is 17.7. The molecule has 6 rings (SSSR count). The summed E-state index contributed by atoms with van der Waals surface area (Å²) in [5, 5.41) is 0. The van der Waals surface area contributed by atoms with Crippen LogP contribution < -0.4 is 4.90 Å². The highest BCUT2D eigenvalue weighted by Crippen LogP contribution is 2.66. The zero-order valence-corrected chi connectivity index (χ0v) is 18.6. The van der Waals surface area contributed by atoms with Gasteiger partial charge in [-0.05, 0) is 50.7 Å². The van der Waals surface area contributed by atoms with E-state index in [1.807, 2.05) is 12.1 Å². The number of ether oxygens (including phenoxy) is 2. The molecule has 0 bridgehead atoms. The van der Waals surface area contributed by atoms with E-state index in [1.54, 1.807) is 6.07 Å². The number of halogens is 1. The van der Waals surface area contributed by atoms with E-state index in [0.29, 0.717) is 17.5 Å². The molecule has 31 heavy (non-hydrogen) atoms. The molecule has 0 aromatic heterocycles. The van der Waals surface area contributed by atoms with E-state index in [-0.39, 0.29) is 35.3 Å². The fraction of sp³-hybridized carbons (Fsp3) is 0.720. The van der Waals surface area contributed by atoms with Gasteiger partial charge in [0.25, 0.3) is 0 Å². The van der Waals surface area contributed by atoms with Crippen molar-refractivity contribution in [2.75, 3.05) is 37.6 Å². The highest BCUT2D eigenvalue weighted by atomic mass is 19.1. The molecule has 7 atom stereocenters. The van der Waals surface area contributed by atoms with Gasteiger partial charge in [0.15, 0.2) is 0 Å². The maximum Gasteiger partial charge on any atom is 0.311 e. The van der Waals surface area contributed by atoms with Gasteiger partial charge in [-0.15, -0.1) is 0 Å². The second-order valence-electron chi connectivity index (χ2n) is 10.7. The highest BCUT2D eigenvalue weighted by molar-refractivity contribution is 5.77. The summed E-state index contributed by atoms with van der Waals surface area (Å²) in [5.41, 5.74) is 0.186. The van der Waals surface area contributed by atoms with Crippen molar-refractivity contribution in [1.82, 2.24) is 4.90 Å². The van der Waals surface area contributed by atoms with Gasteiger partial charge in [-0.25, -0.2) is 4.39 Å². The van der Waals surface area contributed by atoms with Crippen LogP contribution >= 0.6 is 0 Å². The van der Waals surface area contributed by atoms with Crippen LogP contribution in [0.3, 0.4) is 0 Å². The van der Waals surface area contributed by atoms with Gasteiger partial charge in [0.1, 0.15) is 17.5 Å². The van der Waals surface area contributed by atoms with Crippen molar-refractivity contribution in [2.24, 2.45) is 23.7 Å². The number of para-hydroxylation sites is 1. The molecule has 0 amide bonds. The van der Waals surface area contributed by atoms with Crippen molar-refractivity contribution in [2.45, 2.75) is 56.8 Å². The first-order valence-corrected chi connectivity index (χ1v) is 12.0. The molecular weight excluding hydrogens is 395 g/mol. The SMILES string of the molecule is C[C@@H]1CC[C@H]2[C@H](CN3CCN(c4ccccc4F)CC3)C(=O)O[C@]23[C@H]1CC[C@@]1(C)O[C@@H]31. The van der Waals surface area contributed by atoms with Crippen LogP contribution in [0.15, 0.2) is 24.3 Å². The van der Waals surface area contributed by atoms with Gasteiger partial charge in [0, 0.05) is 44.6 Å². The Kier molecular flexibility index (Phi) is 4.46. The summed E-state index contributed by atoms with van der Waals surface area (Å²) in [6.07, 6.45) is 4.50. The number of rotatable bonds is 3. The van der Waals surface area contributed by atoms with E-state index in [4.69, 9.17) is 9.47 Å². The second-order valence-corrected chi connectivity index (χ2v) is 10.7. The number of fused-ring (bicyclic) bond motifs is 1. The topological polar surface area (TPSA) is 45.3 Å². The van der Waals surface area contributed by atoms with Gasteiger partial charge in [-0.3, -0.25) is 9.69 Å². The van der Waals surface area contributed by atoms with E-state index in [9.17, 15) is 9.18 Å². The number of piperazine rings is 1. The van der Waals surface area contributed by atoms with Crippen LogP contribution in [-0.2, 0) is 14.3 Å². The molecule has 3 heterocycles. The number of carbonyl (C=O) groups excluding carboxylic acids is 1. The first-order valence-electron chi connectivity index (χ1n) is 12.0. The number of epoxide rings is 1. The Hall–Kier alpha value is -1.66. The zero-order valence-electron chi connectivity index (χ0n) is 18.6. The summed E-state index contributed by atoms with van der Waals surface area (Å²) >= 11 is 0. The number of nitrogens with zero attached hydrogens (tertiary/aromatic N) is 2. The fourth-order valence-electron chi connectivity index (χ4n) is 7.42. The molecule has 0 unspecified atom stereocenters. The molecule has 6 heteroatoms. The molecule has 1 aromatic carbocycles. The van der Waals surface area contributed by atoms with E-state index < -0.39 is 5.60 Å². The van der Waals surface area contributed by atoms with Crippen LogP contribution in [0.4, 0.5) is 10.1 Å². The first kappa shape index (κ1) is 20.0. The summed E-state index contributed by atoms with van der Waals surface area (Å²) < 4.78 is 26.7. The van der Waals surface area contributed by atoms with Crippen LogP contribution in [0.5, 0.6) is 0 Å². The monoisotopic (exact) mass is 428 g/mol. The second kappa shape index (κ2) is 6.92. The summed E-state index contributed by atoms with van der Waals surface area (Å²) in [7, 11) is 0. The van der Waals surface area contributed by atoms with Crippen LogP contribution in [0.1, 0.15) is 39.5 Å². The highest BCUT2D eigenvalue weighted by Gasteiger charge is 2.77. The molecule has 0 radical (unpaired) electrons. The molecule has 5 aliphatic rings. The van der Waals surface area contributed by atoms with Crippen molar-refractivity contribution in [3.05, 3.63) is 30.1 Å². The van der Waals surface area contributed by atoms with E-state index in [0.717, 1.165) is 52.0 Å². The number of hydrogen-bond donors (Lipinski definition) is 0. The minimum absolute atomic E-state index is 0.0135. The first-order chi connectivity index (χ1) is 14.9. The normalized spacial score (nSPS) is 44.3. The van der Waals surface area contributed by atoms with Gasteiger partial charge in [-0.2, -0.15) is 0 Å². The van der Waals surface area contributed by atoms with Gasteiger partial charge < -0.3 is 14.4 Å². The number of esters is 1. The zero-order chi connectivity index (χ0) is 21.4. The fourth-order valence-corrected chi connectivity index (χ4v) is 7.42. The van der Waals surface area contributed by atoms with Crippen molar-refractivity contribution in [1.29, 1.82) is 0 Å². The van der Waals surface area contributed by atoms with Crippen LogP contribution in [0.25, 0.3) is 0 Å². The molecule has 2 aliphatic carbocycles. The smallest absolute Gasteiger partial charge is 0.311 e. The Morgan fingerprint density at radius 3 is 2.65 bits per heavy atom. The van der Waals surface area contributed by atoms with Crippen molar-refractivity contribution in [3.8, 4) is 0 Å². The molecule has 2 saturated carbocycles. The minimum Gasteiger partial charge on any atom is -0.455 e. The number of hydrogen-bond acceptors (Lipinski definition) is 5. The maximum absolute atomic E-state index is 14.2. The lowest BCUT2D eigenvalue weighted by atomic mass is 9.55. The molecule has 5 nitrogen and oxygen atoms in total. The van der Waals surface area contributed by atoms with Crippen LogP contribution in [0.2, 0.25) is 0 Å². The Morgan fingerprint density at radius 1 is 1.10 bits per heavy atom. The molecule has 5 fully saturated rings. The van der Waals surface area contributed by atoms with E-state index in [2.05, 4.69) is 23.6 Å².